The highest BCUT2D eigenvalue weighted by molar-refractivity contribution is 7.15. The first kappa shape index (κ1) is 15.8. The second-order valence-electron chi connectivity index (χ2n) is 6.98. The van der Waals surface area contributed by atoms with Crippen LogP contribution in [0.1, 0.15) is 35.3 Å². The van der Waals surface area contributed by atoms with Gasteiger partial charge < -0.3 is 10.0 Å². The van der Waals surface area contributed by atoms with Gasteiger partial charge in [-0.3, -0.25) is 4.79 Å². The lowest BCUT2D eigenvalue weighted by molar-refractivity contribution is -0.0704. The van der Waals surface area contributed by atoms with Crippen molar-refractivity contribution in [2.24, 2.45) is 11.8 Å². The number of amides is 1. The van der Waals surface area contributed by atoms with E-state index in [4.69, 9.17) is 0 Å². The highest BCUT2D eigenvalue weighted by Gasteiger charge is 2.50. The molecular formula is C19H22N2O2S. The van der Waals surface area contributed by atoms with E-state index in [1.54, 1.807) is 11.3 Å². The van der Waals surface area contributed by atoms with Crippen molar-refractivity contribution < 1.29 is 9.90 Å². The second-order valence-corrected chi connectivity index (χ2v) is 8.19. The van der Waals surface area contributed by atoms with Crippen molar-refractivity contribution >= 4 is 17.2 Å². The molecule has 0 spiro atoms. The third-order valence-electron chi connectivity index (χ3n) is 5.65. The number of nitrogens with zero attached hydrogens (tertiary/aromatic N) is 2. The first-order valence-corrected chi connectivity index (χ1v) is 9.38. The Bertz CT molecular complexity index is 752. The topological polar surface area (TPSA) is 53.4 Å². The van der Waals surface area contributed by atoms with Crippen LogP contribution >= 0.6 is 11.3 Å². The summed E-state index contributed by atoms with van der Waals surface area (Å²) in [7, 11) is 0. The molecule has 3 aliphatic rings. The fourth-order valence-corrected chi connectivity index (χ4v) is 5.09. The number of piperidine rings is 2. The predicted molar refractivity (Wildman–Crippen MR) is 95.0 cm³/mol. The van der Waals surface area contributed by atoms with Gasteiger partial charge in [0.25, 0.3) is 5.91 Å². The number of benzene rings is 1. The van der Waals surface area contributed by atoms with E-state index in [1.807, 2.05) is 42.2 Å². The number of fused-ring (bicyclic) bond motifs is 2. The highest BCUT2D eigenvalue weighted by atomic mass is 32.1. The lowest BCUT2D eigenvalue weighted by Gasteiger charge is -2.56. The average molecular weight is 342 g/mol. The minimum atomic E-state index is -0.0828. The van der Waals surface area contributed by atoms with E-state index in [0.29, 0.717) is 17.5 Å². The van der Waals surface area contributed by atoms with Crippen LogP contribution in [0.5, 0.6) is 0 Å². The van der Waals surface area contributed by atoms with Crippen molar-refractivity contribution in [1.29, 1.82) is 0 Å². The molecule has 1 aromatic carbocycles. The standard InChI is InChI=1S/C19H22N2O2S/c1-11-14-8-15(9-14)21(16(11)10-22)19(23)17-18(24-12(2)20-17)13-6-4-3-5-7-13/h3-7,11,14-16,22H,8-10H2,1-2H3. The third-order valence-corrected chi connectivity index (χ3v) is 6.66. The second kappa shape index (κ2) is 5.97. The highest BCUT2D eigenvalue weighted by Crippen LogP contribution is 2.47. The van der Waals surface area contributed by atoms with Gasteiger partial charge in [-0.05, 0) is 37.2 Å². The van der Waals surface area contributed by atoms with Crippen LogP contribution in [0.25, 0.3) is 10.4 Å². The molecule has 1 aliphatic carbocycles. The molecule has 2 unspecified atom stereocenters. The Kier molecular flexibility index (Phi) is 3.93. The van der Waals surface area contributed by atoms with Gasteiger partial charge in [-0.1, -0.05) is 37.3 Å². The molecule has 4 nitrogen and oxygen atoms in total. The van der Waals surface area contributed by atoms with Crippen molar-refractivity contribution in [1.82, 2.24) is 9.88 Å². The van der Waals surface area contributed by atoms with Crippen LogP contribution in [0.3, 0.4) is 0 Å². The first-order chi connectivity index (χ1) is 11.6. The summed E-state index contributed by atoms with van der Waals surface area (Å²) < 4.78 is 0. The van der Waals surface area contributed by atoms with E-state index in [2.05, 4.69) is 11.9 Å². The molecule has 126 valence electrons. The molecule has 0 radical (unpaired) electrons. The van der Waals surface area contributed by atoms with E-state index in [1.165, 1.54) is 0 Å². The van der Waals surface area contributed by atoms with Gasteiger partial charge in [-0.25, -0.2) is 4.98 Å². The van der Waals surface area contributed by atoms with E-state index in [9.17, 15) is 9.90 Å². The van der Waals surface area contributed by atoms with Crippen molar-refractivity contribution in [3.8, 4) is 10.4 Å². The van der Waals surface area contributed by atoms with Gasteiger partial charge in [0.05, 0.1) is 22.5 Å². The largest absolute Gasteiger partial charge is 0.394 e. The quantitative estimate of drug-likeness (QED) is 0.931. The van der Waals surface area contributed by atoms with Crippen molar-refractivity contribution in [2.45, 2.75) is 38.8 Å². The number of hydrogen-bond acceptors (Lipinski definition) is 4. The molecular weight excluding hydrogens is 320 g/mol. The number of carbonyl (C=O) groups is 1. The summed E-state index contributed by atoms with van der Waals surface area (Å²) in [5.74, 6) is 0.984. The smallest absolute Gasteiger partial charge is 0.274 e. The van der Waals surface area contributed by atoms with Gasteiger partial charge in [-0.2, -0.15) is 0 Å². The summed E-state index contributed by atoms with van der Waals surface area (Å²) in [6.45, 7) is 4.13. The maximum absolute atomic E-state index is 13.3. The fraction of sp³-hybridized carbons (Fsp3) is 0.474. The number of aromatic nitrogens is 1. The van der Waals surface area contributed by atoms with Gasteiger partial charge in [0.1, 0.15) is 5.69 Å². The summed E-state index contributed by atoms with van der Waals surface area (Å²) >= 11 is 1.56. The van der Waals surface area contributed by atoms with E-state index in [0.717, 1.165) is 28.3 Å². The predicted octanol–water partition coefficient (Wildman–Crippen LogP) is 3.35. The van der Waals surface area contributed by atoms with Gasteiger partial charge in [0.2, 0.25) is 0 Å². The molecule has 1 saturated carbocycles. The monoisotopic (exact) mass is 342 g/mol. The van der Waals surface area contributed by atoms with Crippen LogP contribution in [-0.4, -0.2) is 39.6 Å². The maximum Gasteiger partial charge on any atom is 0.274 e. The zero-order valence-electron chi connectivity index (χ0n) is 14.0. The maximum atomic E-state index is 13.3. The molecule has 1 aromatic heterocycles. The number of aliphatic hydroxyl groups is 1. The molecule has 5 heteroatoms. The summed E-state index contributed by atoms with van der Waals surface area (Å²) in [6, 6.07) is 10.2. The lowest BCUT2D eigenvalue weighted by Crippen LogP contribution is -2.64. The molecule has 2 aliphatic heterocycles. The average Bonchev–Trinajstić information content (AvgIpc) is 2.95. The Morgan fingerprint density at radius 2 is 2.04 bits per heavy atom. The minimum Gasteiger partial charge on any atom is -0.394 e. The van der Waals surface area contributed by atoms with E-state index < -0.39 is 0 Å². The molecule has 1 N–H and O–H groups in total. The Balaban J connectivity index is 1.72. The van der Waals surface area contributed by atoms with Crippen LogP contribution in [0.2, 0.25) is 0 Å². The van der Waals surface area contributed by atoms with Crippen LogP contribution in [0, 0.1) is 18.8 Å². The summed E-state index contributed by atoms with van der Waals surface area (Å²) in [4.78, 5) is 20.7. The molecule has 2 aromatic rings. The fourth-order valence-electron chi connectivity index (χ4n) is 4.17. The normalized spacial score (nSPS) is 28.5. The summed E-state index contributed by atoms with van der Waals surface area (Å²) in [5.41, 5.74) is 1.57. The van der Waals surface area contributed by atoms with Gasteiger partial charge >= 0.3 is 0 Å². The number of rotatable bonds is 3. The number of carbonyl (C=O) groups excluding carboxylic acids is 1. The number of hydrogen-bond donors (Lipinski definition) is 1. The summed E-state index contributed by atoms with van der Waals surface area (Å²) in [5, 5.41) is 10.7. The number of thiazole rings is 1. The van der Waals surface area contributed by atoms with Crippen molar-refractivity contribution in [3.63, 3.8) is 0 Å². The van der Waals surface area contributed by atoms with Crippen LogP contribution in [0.15, 0.2) is 30.3 Å². The lowest BCUT2D eigenvalue weighted by atomic mass is 9.64. The Morgan fingerprint density at radius 1 is 1.33 bits per heavy atom. The summed E-state index contributed by atoms with van der Waals surface area (Å²) in [6.07, 6.45) is 2.13. The Morgan fingerprint density at radius 3 is 2.71 bits per heavy atom. The SMILES string of the molecule is Cc1nc(C(=O)N2C3CC(C3)C(C)C2CO)c(-c2ccccc2)s1. The molecule has 24 heavy (non-hydrogen) atoms. The number of aliphatic hydroxyl groups excluding tert-OH is 1. The Hall–Kier alpha value is -1.72. The molecule has 3 fully saturated rings. The molecule has 2 saturated heterocycles. The molecule has 2 atom stereocenters. The molecule has 2 bridgehead atoms. The van der Waals surface area contributed by atoms with Gasteiger partial charge in [0, 0.05) is 6.04 Å². The Labute approximate surface area is 146 Å². The van der Waals surface area contributed by atoms with E-state index >= 15 is 0 Å². The molecule has 5 rings (SSSR count). The zero-order chi connectivity index (χ0) is 16.8. The van der Waals surface area contributed by atoms with Gasteiger partial charge in [0.15, 0.2) is 0 Å². The van der Waals surface area contributed by atoms with Crippen molar-refractivity contribution in [3.05, 3.63) is 41.0 Å². The van der Waals surface area contributed by atoms with Crippen LogP contribution < -0.4 is 0 Å². The number of aryl methyl sites for hydroxylation is 1. The van der Waals surface area contributed by atoms with E-state index in [-0.39, 0.29) is 24.6 Å². The molecule has 3 heterocycles. The van der Waals surface area contributed by atoms with Crippen LogP contribution in [0.4, 0.5) is 0 Å². The zero-order valence-corrected chi connectivity index (χ0v) is 14.8. The molecule has 1 amide bonds. The first-order valence-electron chi connectivity index (χ1n) is 8.56. The van der Waals surface area contributed by atoms with Gasteiger partial charge in [-0.15, -0.1) is 11.3 Å². The van der Waals surface area contributed by atoms with Crippen molar-refractivity contribution in [2.75, 3.05) is 6.61 Å². The third kappa shape index (κ3) is 2.38. The minimum absolute atomic E-state index is 0.0211. The van der Waals surface area contributed by atoms with Crippen LogP contribution in [-0.2, 0) is 0 Å².